The molecule has 0 amide bonds. The van der Waals surface area contributed by atoms with Gasteiger partial charge in [0.05, 0.1) is 29.8 Å². The predicted molar refractivity (Wildman–Crippen MR) is 151 cm³/mol. The first kappa shape index (κ1) is 36.1. The van der Waals surface area contributed by atoms with Crippen LogP contribution in [-0.4, -0.2) is 86.4 Å². The van der Waals surface area contributed by atoms with E-state index in [0.717, 1.165) is 54.1 Å². The van der Waals surface area contributed by atoms with Gasteiger partial charge in [-0.1, -0.05) is 11.6 Å². The standard InChI is InChI=1S/C24H25ClFN5O.2C2HF3O2/c1-30(2)6-3-7-31-22-10-19(17-12-27-28-13-17)20(26)11-21(22)29-24(31)16-8-15-9-18(25)4-5-23(15)32-14-16;2*3-2(4,5)1(6)7/h4-5,9-13,16H,3,6-8,14H2,1-2H3,(H,27,28);2*(H,6,7). The average Bonchev–Trinajstić information content (AvgIpc) is 3.60. The van der Waals surface area contributed by atoms with Crippen molar-refractivity contribution in [1.82, 2.24) is 24.6 Å². The Morgan fingerprint density at radius 2 is 1.72 bits per heavy atom. The van der Waals surface area contributed by atoms with Crippen LogP contribution in [0.3, 0.4) is 0 Å². The summed E-state index contributed by atoms with van der Waals surface area (Å²) >= 11 is 6.22. The first-order valence-corrected chi connectivity index (χ1v) is 13.6. The minimum absolute atomic E-state index is 0.0631. The Kier molecular flexibility index (Phi) is 11.6. The molecule has 46 heavy (non-hydrogen) atoms. The number of carboxylic acid groups (broad SMARTS) is 2. The summed E-state index contributed by atoms with van der Waals surface area (Å²) < 4.78 is 86.7. The summed E-state index contributed by atoms with van der Waals surface area (Å²) in [6.45, 7) is 2.27. The van der Waals surface area contributed by atoms with E-state index in [1.54, 1.807) is 12.4 Å². The van der Waals surface area contributed by atoms with Gasteiger partial charge in [0, 0.05) is 35.0 Å². The number of halogens is 8. The molecule has 5 rings (SSSR count). The van der Waals surface area contributed by atoms with Gasteiger partial charge >= 0.3 is 24.3 Å². The summed E-state index contributed by atoms with van der Waals surface area (Å²) in [5.41, 5.74) is 3.89. The fourth-order valence-electron chi connectivity index (χ4n) is 4.40. The number of carbonyl (C=O) groups is 2. The number of aryl methyl sites for hydroxylation is 1. The van der Waals surface area contributed by atoms with Crippen LogP contribution < -0.4 is 4.74 Å². The van der Waals surface area contributed by atoms with Gasteiger partial charge in [-0.3, -0.25) is 5.10 Å². The van der Waals surface area contributed by atoms with Gasteiger partial charge in [0.15, 0.2) is 0 Å². The van der Waals surface area contributed by atoms with Gasteiger partial charge in [0.2, 0.25) is 0 Å². The number of nitrogens with one attached hydrogen (secondary N) is 1. The van der Waals surface area contributed by atoms with E-state index in [1.165, 1.54) is 6.07 Å². The number of benzene rings is 2. The van der Waals surface area contributed by atoms with Crippen LogP contribution in [0, 0.1) is 5.82 Å². The number of imidazole rings is 1. The summed E-state index contributed by atoms with van der Waals surface area (Å²) in [7, 11) is 4.13. The van der Waals surface area contributed by atoms with Crippen molar-refractivity contribution >= 4 is 34.6 Å². The van der Waals surface area contributed by atoms with E-state index in [9.17, 15) is 30.7 Å². The monoisotopic (exact) mass is 681 g/mol. The average molecular weight is 682 g/mol. The van der Waals surface area contributed by atoms with Gasteiger partial charge in [0.1, 0.15) is 17.4 Å². The van der Waals surface area contributed by atoms with Crippen molar-refractivity contribution in [1.29, 1.82) is 0 Å². The van der Waals surface area contributed by atoms with Crippen molar-refractivity contribution in [3.63, 3.8) is 0 Å². The molecule has 250 valence electrons. The Morgan fingerprint density at radius 3 is 2.26 bits per heavy atom. The van der Waals surface area contributed by atoms with Crippen LogP contribution in [0.25, 0.3) is 22.2 Å². The molecular formula is C28H27ClF7N5O5. The molecule has 18 heteroatoms. The topological polar surface area (TPSA) is 134 Å². The number of aliphatic carboxylic acids is 2. The Morgan fingerprint density at radius 1 is 1.09 bits per heavy atom. The number of H-pyrrole nitrogens is 1. The van der Waals surface area contributed by atoms with Gasteiger partial charge in [0.25, 0.3) is 0 Å². The number of hydrogen-bond acceptors (Lipinski definition) is 6. The van der Waals surface area contributed by atoms with E-state index in [2.05, 4.69) is 33.8 Å². The molecule has 0 aliphatic carbocycles. The number of alkyl halides is 6. The molecule has 1 aliphatic heterocycles. The van der Waals surface area contributed by atoms with Gasteiger partial charge in [-0.05, 0) is 63.3 Å². The minimum atomic E-state index is -5.08. The number of nitrogens with zero attached hydrogens (tertiary/aromatic N) is 4. The van der Waals surface area contributed by atoms with Crippen molar-refractivity contribution in [3.05, 3.63) is 65.0 Å². The molecule has 0 saturated heterocycles. The summed E-state index contributed by atoms with van der Waals surface area (Å²) in [6, 6.07) is 9.13. The third kappa shape index (κ3) is 9.56. The highest BCUT2D eigenvalue weighted by atomic mass is 35.5. The number of ether oxygens (including phenoxy) is 1. The number of hydrogen-bond donors (Lipinski definition) is 3. The molecule has 0 saturated carbocycles. The highest BCUT2D eigenvalue weighted by Gasteiger charge is 2.39. The fourth-order valence-corrected chi connectivity index (χ4v) is 4.60. The second-order valence-corrected chi connectivity index (χ2v) is 10.6. The lowest BCUT2D eigenvalue weighted by Gasteiger charge is -2.26. The number of aromatic amines is 1. The number of carboxylic acids is 2. The minimum Gasteiger partial charge on any atom is -0.493 e. The second-order valence-electron chi connectivity index (χ2n) is 10.2. The zero-order chi connectivity index (χ0) is 34.4. The summed E-state index contributed by atoms with van der Waals surface area (Å²) in [5, 5.41) is 21.7. The van der Waals surface area contributed by atoms with Crippen molar-refractivity contribution in [2.24, 2.45) is 0 Å². The molecule has 2 aromatic carbocycles. The van der Waals surface area contributed by atoms with Crippen LogP contribution in [0.4, 0.5) is 30.7 Å². The molecule has 1 atom stereocenters. The molecule has 1 unspecified atom stereocenters. The normalized spacial score (nSPS) is 14.5. The number of aromatic nitrogens is 4. The summed E-state index contributed by atoms with van der Waals surface area (Å²) in [6.07, 6.45) is -5.09. The smallest absolute Gasteiger partial charge is 0.490 e. The largest absolute Gasteiger partial charge is 0.493 e. The predicted octanol–water partition coefficient (Wildman–Crippen LogP) is 6.16. The van der Waals surface area contributed by atoms with Gasteiger partial charge in [-0.2, -0.15) is 31.4 Å². The van der Waals surface area contributed by atoms with Crippen LogP contribution in [0.2, 0.25) is 5.02 Å². The Hall–Kier alpha value is -4.38. The number of rotatable bonds is 6. The third-order valence-electron chi connectivity index (χ3n) is 6.44. The van der Waals surface area contributed by atoms with E-state index in [-0.39, 0.29) is 11.7 Å². The van der Waals surface area contributed by atoms with Crippen molar-refractivity contribution in [2.75, 3.05) is 27.2 Å². The van der Waals surface area contributed by atoms with Crippen LogP contribution in [0.1, 0.15) is 23.7 Å². The first-order valence-electron chi connectivity index (χ1n) is 13.2. The van der Waals surface area contributed by atoms with Gasteiger partial charge in [-0.25, -0.2) is 19.0 Å². The van der Waals surface area contributed by atoms with Crippen molar-refractivity contribution in [3.8, 4) is 16.9 Å². The summed E-state index contributed by atoms with van der Waals surface area (Å²) in [5.74, 6) is -3.96. The fraction of sp³-hybridized carbons (Fsp3) is 0.357. The molecule has 4 aromatic rings. The quantitative estimate of drug-likeness (QED) is 0.206. The molecule has 2 aromatic heterocycles. The molecule has 0 radical (unpaired) electrons. The molecule has 3 heterocycles. The lowest BCUT2D eigenvalue weighted by atomic mass is 9.96. The Bertz CT molecular complexity index is 1630. The highest BCUT2D eigenvalue weighted by Crippen LogP contribution is 2.36. The first-order chi connectivity index (χ1) is 21.4. The molecule has 0 spiro atoms. The van der Waals surface area contributed by atoms with Crippen LogP contribution in [0.15, 0.2) is 42.7 Å². The SMILES string of the molecule is CN(C)CCCn1c(C2COc3ccc(Cl)cc3C2)nc2cc(F)c(-c3cn[nH]c3)cc21.O=C(O)C(F)(F)F.O=C(O)C(F)(F)F. The van der Waals surface area contributed by atoms with Crippen molar-refractivity contribution < 1.29 is 55.3 Å². The van der Waals surface area contributed by atoms with Crippen molar-refractivity contribution in [2.45, 2.75) is 37.7 Å². The second kappa shape index (κ2) is 14.8. The zero-order valence-corrected chi connectivity index (χ0v) is 24.8. The van der Waals surface area contributed by atoms with Crippen LogP contribution >= 0.6 is 11.6 Å². The van der Waals surface area contributed by atoms with E-state index >= 15 is 0 Å². The van der Waals surface area contributed by atoms with E-state index < -0.39 is 24.3 Å². The highest BCUT2D eigenvalue weighted by molar-refractivity contribution is 6.30. The lowest BCUT2D eigenvalue weighted by Crippen LogP contribution is -2.23. The van der Waals surface area contributed by atoms with Crippen LogP contribution in [-0.2, 0) is 22.6 Å². The molecule has 1 aliphatic rings. The van der Waals surface area contributed by atoms with E-state index in [4.69, 9.17) is 41.1 Å². The number of fused-ring (bicyclic) bond motifs is 2. The maximum atomic E-state index is 14.9. The zero-order valence-electron chi connectivity index (χ0n) is 24.1. The molecule has 0 bridgehead atoms. The van der Waals surface area contributed by atoms with E-state index in [0.29, 0.717) is 22.7 Å². The summed E-state index contributed by atoms with van der Waals surface area (Å²) in [4.78, 5) is 24.8. The van der Waals surface area contributed by atoms with Crippen LogP contribution in [0.5, 0.6) is 5.75 Å². The lowest BCUT2D eigenvalue weighted by molar-refractivity contribution is -0.193. The van der Waals surface area contributed by atoms with Gasteiger partial charge < -0.3 is 24.4 Å². The molecule has 0 fully saturated rings. The Balaban J connectivity index is 0.000000345. The maximum absolute atomic E-state index is 14.9. The third-order valence-corrected chi connectivity index (χ3v) is 6.68. The Labute approximate surface area is 261 Å². The molecule has 3 N–H and O–H groups in total. The molecule has 10 nitrogen and oxygen atoms in total. The molecular weight excluding hydrogens is 655 g/mol. The maximum Gasteiger partial charge on any atom is 0.490 e. The van der Waals surface area contributed by atoms with Gasteiger partial charge in [-0.15, -0.1) is 0 Å². The van der Waals surface area contributed by atoms with E-state index in [1.807, 2.05) is 24.3 Å².